The fourth-order valence-corrected chi connectivity index (χ4v) is 3.80. The normalized spacial score (nSPS) is 17.6. The Balaban J connectivity index is 1.98. The number of carboxylic acid groups (broad SMARTS) is 1. The first-order valence-electron chi connectivity index (χ1n) is 8.80. The van der Waals surface area contributed by atoms with Gasteiger partial charge < -0.3 is 10.0 Å². The topological polar surface area (TPSA) is 43.8 Å². The molecule has 4 nitrogen and oxygen atoms in total. The van der Waals surface area contributed by atoms with E-state index in [4.69, 9.17) is 0 Å². The van der Waals surface area contributed by atoms with Crippen molar-refractivity contribution in [2.45, 2.75) is 20.3 Å². The van der Waals surface area contributed by atoms with E-state index in [0.717, 1.165) is 36.3 Å². The van der Waals surface area contributed by atoms with Gasteiger partial charge in [0.15, 0.2) is 0 Å². The van der Waals surface area contributed by atoms with Crippen LogP contribution in [0.25, 0.3) is 11.1 Å². The molecule has 1 atom stereocenters. The lowest BCUT2D eigenvalue weighted by atomic mass is 9.98. The van der Waals surface area contributed by atoms with Gasteiger partial charge in [0.1, 0.15) is 0 Å². The van der Waals surface area contributed by atoms with Crippen molar-refractivity contribution in [3.05, 3.63) is 53.6 Å². The lowest BCUT2D eigenvalue weighted by Crippen LogP contribution is -2.35. The van der Waals surface area contributed by atoms with Crippen LogP contribution in [0.15, 0.2) is 42.5 Å². The highest BCUT2D eigenvalue weighted by molar-refractivity contribution is 5.93. The number of carbonyl (C=O) groups is 1. The van der Waals surface area contributed by atoms with E-state index in [1.165, 1.54) is 16.0 Å². The summed E-state index contributed by atoms with van der Waals surface area (Å²) in [5.41, 5.74) is 5.19. The van der Waals surface area contributed by atoms with E-state index in [2.05, 4.69) is 44.0 Å². The van der Waals surface area contributed by atoms with Gasteiger partial charge in [-0.15, -0.1) is 0 Å². The fraction of sp³-hybridized carbons (Fsp3) is 0.381. The zero-order valence-electron chi connectivity index (χ0n) is 15.2. The molecule has 4 heteroatoms. The molecule has 0 aliphatic carbocycles. The average molecular weight is 338 g/mol. The largest absolute Gasteiger partial charge is 0.465 e. The van der Waals surface area contributed by atoms with E-state index in [1.807, 2.05) is 24.3 Å². The van der Waals surface area contributed by atoms with Gasteiger partial charge in [0, 0.05) is 18.7 Å². The van der Waals surface area contributed by atoms with Crippen LogP contribution < -0.4 is 4.90 Å². The van der Waals surface area contributed by atoms with Gasteiger partial charge in [0.25, 0.3) is 0 Å². The smallest absolute Gasteiger partial charge is 0.411 e. The molecule has 0 spiro atoms. The van der Waals surface area contributed by atoms with Crippen molar-refractivity contribution in [1.29, 1.82) is 0 Å². The number of para-hydroxylation sites is 1. The molecule has 2 aromatic rings. The molecule has 25 heavy (non-hydrogen) atoms. The van der Waals surface area contributed by atoms with Crippen LogP contribution in [0.3, 0.4) is 0 Å². The molecule has 1 unspecified atom stereocenters. The Morgan fingerprint density at radius 2 is 1.88 bits per heavy atom. The minimum absolute atomic E-state index is 0.383. The monoisotopic (exact) mass is 338 g/mol. The second-order valence-electron chi connectivity index (χ2n) is 7.20. The first kappa shape index (κ1) is 17.5. The number of benzene rings is 2. The fourth-order valence-electron chi connectivity index (χ4n) is 3.80. The van der Waals surface area contributed by atoms with Crippen molar-refractivity contribution in [2.75, 3.05) is 31.6 Å². The summed E-state index contributed by atoms with van der Waals surface area (Å²) in [4.78, 5) is 15.8. The average Bonchev–Trinajstić information content (AvgIpc) is 2.97. The van der Waals surface area contributed by atoms with Crippen molar-refractivity contribution in [2.24, 2.45) is 5.92 Å². The van der Waals surface area contributed by atoms with Gasteiger partial charge in [-0.1, -0.05) is 47.5 Å². The van der Waals surface area contributed by atoms with Crippen LogP contribution >= 0.6 is 0 Å². The molecule has 2 aromatic carbocycles. The van der Waals surface area contributed by atoms with E-state index in [1.54, 1.807) is 0 Å². The number of hydrogen-bond acceptors (Lipinski definition) is 2. The Morgan fingerprint density at radius 1 is 1.20 bits per heavy atom. The third-order valence-electron chi connectivity index (χ3n) is 4.89. The van der Waals surface area contributed by atoms with Gasteiger partial charge in [-0.05, 0) is 51.4 Å². The van der Waals surface area contributed by atoms with E-state index < -0.39 is 6.09 Å². The standard InChI is InChI=1S/C21H26N2O2/c1-15-10-16(2)12-18(11-15)19-6-4-5-7-20(19)23(21(24)25)14-17-8-9-22(3)13-17/h4-7,10-12,17H,8-9,13-14H2,1-3H3,(H,24,25). The van der Waals surface area contributed by atoms with E-state index >= 15 is 0 Å². The van der Waals surface area contributed by atoms with Crippen LogP contribution in [-0.4, -0.2) is 42.8 Å². The zero-order chi connectivity index (χ0) is 18.0. The maximum atomic E-state index is 12.0. The van der Waals surface area contributed by atoms with Crippen LogP contribution in [0.4, 0.5) is 10.5 Å². The van der Waals surface area contributed by atoms with Crippen LogP contribution in [-0.2, 0) is 0 Å². The third kappa shape index (κ3) is 4.02. The van der Waals surface area contributed by atoms with Gasteiger partial charge in [-0.2, -0.15) is 0 Å². The molecule has 1 aliphatic rings. The third-order valence-corrected chi connectivity index (χ3v) is 4.89. The molecule has 3 rings (SSSR count). The molecule has 0 saturated carbocycles. The lowest BCUT2D eigenvalue weighted by Gasteiger charge is -2.25. The molecular weight excluding hydrogens is 312 g/mol. The Bertz CT molecular complexity index is 752. The number of nitrogens with zero attached hydrogens (tertiary/aromatic N) is 2. The molecule has 0 radical (unpaired) electrons. The molecule has 132 valence electrons. The molecule has 0 aromatic heterocycles. The zero-order valence-corrected chi connectivity index (χ0v) is 15.2. The first-order chi connectivity index (χ1) is 11.9. The van der Waals surface area contributed by atoms with Crippen LogP contribution in [0.1, 0.15) is 17.5 Å². The van der Waals surface area contributed by atoms with Crippen molar-refractivity contribution in [3.63, 3.8) is 0 Å². The summed E-state index contributed by atoms with van der Waals surface area (Å²) in [5.74, 6) is 0.383. The molecule has 0 bridgehead atoms. The Hall–Kier alpha value is -2.33. The van der Waals surface area contributed by atoms with Crippen molar-refractivity contribution >= 4 is 11.8 Å². The maximum Gasteiger partial charge on any atom is 0.411 e. The van der Waals surface area contributed by atoms with Gasteiger partial charge in [-0.3, -0.25) is 4.90 Å². The van der Waals surface area contributed by atoms with E-state index in [0.29, 0.717) is 12.5 Å². The van der Waals surface area contributed by atoms with Crippen LogP contribution in [0.2, 0.25) is 0 Å². The Kier molecular flexibility index (Phi) is 5.09. The molecule has 1 amide bonds. The van der Waals surface area contributed by atoms with Gasteiger partial charge >= 0.3 is 6.09 Å². The Morgan fingerprint density at radius 3 is 2.48 bits per heavy atom. The quantitative estimate of drug-likeness (QED) is 0.898. The van der Waals surface area contributed by atoms with Gasteiger partial charge in [-0.25, -0.2) is 4.79 Å². The molecule has 1 saturated heterocycles. The SMILES string of the molecule is Cc1cc(C)cc(-c2ccccc2N(CC2CCN(C)C2)C(=O)O)c1. The van der Waals surface area contributed by atoms with Crippen molar-refractivity contribution in [3.8, 4) is 11.1 Å². The predicted octanol–water partition coefficient (Wildman–Crippen LogP) is 4.41. The van der Waals surface area contributed by atoms with Crippen LogP contribution in [0.5, 0.6) is 0 Å². The highest BCUT2D eigenvalue weighted by Crippen LogP contribution is 2.33. The number of rotatable bonds is 4. The Labute approximate surface area is 149 Å². The predicted molar refractivity (Wildman–Crippen MR) is 102 cm³/mol. The second-order valence-corrected chi connectivity index (χ2v) is 7.20. The number of likely N-dealkylation sites (tertiary alicyclic amines) is 1. The van der Waals surface area contributed by atoms with Crippen molar-refractivity contribution < 1.29 is 9.90 Å². The van der Waals surface area contributed by atoms with Gasteiger partial charge in [0.2, 0.25) is 0 Å². The maximum absolute atomic E-state index is 12.0. The molecule has 1 fully saturated rings. The highest BCUT2D eigenvalue weighted by Gasteiger charge is 2.26. The summed E-state index contributed by atoms with van der Waals surface area (Å²) in [6, 6.07) is 14.2. The van der Waals surface area contributed by atoms with Crippen LogP contribution in [0, 0.1) is 19.8 Å². The molecule has 1 heterocycles. The molecular formula is C21H26N2O2. The minimum Gasteiger partial charge on any atom is -0.465 e. The summed E-state index contributed by atoms with van der Waals surface area (Å²) in [7, 11) is 2.09. The number of hydrogen-bond donors (Lipinski definition) is 1. The highest BCUT2D eigenvalue weighted by atomic mass is 16.4. The minimum atomic E-state index is -0.883. The lowest BCUT2D eigenvalue weighted by molar-refractivity contribution is 0.200. The summed E-state index contributed by atoms with van der Waals surface area (Å²) in [6.07, 6.45) is 0.165. The van der Waals surface area contributed by atoms with E-state index in [9.17, 15) is 9.90 Å². The molecule has 1 aliphatic heterocycles. The second kappa shape index (κ2) is 7.28. The molecule has 1 N–H and O–H groups in total. The first-order valence-corrected chi connectivity index (χ1v) is 8.80. The summed E-state index contributed by atoms with van der Waals surface area (Å²) >= 11 is 0. The number of aryl methyl sites for hydroxylation is 2. The van der Waals surface area contributed by atoms with E-state index in [-0.39, 0.29) is 0 Å². The summed E-state index contributed by atoms with van der Waals surface area (Å²) < 4.78 is 0. The number of amides is 1. The van der Waals surface area contributed by atoms with Gasteiger partial charge in [0.05, 0.1) is 5.69 Å². The summed E-state index contributed by atoms with van der Waals surface area (Å²) in [5, 5.41) is 9.85. The summed E-state index contributed by atoms with van der Waals surface area (Å²) in [6.45, 7) is 6.68. The van der Waals surface area contributed by atoms with Crippen molar-refractivity contribution in [1.82, 2.24) is 4.90 Å². The number of anilines is 1.